The highest BCUT2D eigenvalue weighted by molar-refractivity contribution is 5.94. The van der Waals surface area contributed by atoms with E-state index in [2.05, 4.69) is 34.5 Å². The molecule has 1 saturated heterocycles. The summed E-state index contributed by atoms with van der Waals surface area (Å²) < 4.78 is 5.10. The van der Waals surface area contributed by atoms with Crippen LogP contribution in [0.4, 0.5) is 0 Å². The Morgan fingerprint density at radius 1 is 1.00 bits per heavy atom. The van der Waals surface area contributed by atoms with E-state index in [1.165, 1.54) is 31.5 Å². The molecule has 24 heavy (non-hydrogen) atoms. The first kappa shape index (κ1) is 16.5. The van der Waals surface area contributed by atoms with E-state index in [4.69, 9.17) is 4.74 Å². The fourth-order valence-electron chi connectivity index (χ4n) is 2.99. The third-order valence-electron chi connectivity index (χ3n) is 4.43. The van der Waals surface area contributed by atoms with Crippen molar-refractivity contribution in [3.05, 3.63) is 65.2 Å². The zero-order valence-electron chi connectivity index (χ0n) is 14.1. The van der Waals surface area contributed by atoms with E-state index < -0.39 is 0 Å². The molecule has 0 spiro atoms. The highest BCUT2D eigenvalue weighted by Gasteiger charge is 2.11. The van der Waals surface area contributed by atoms with Crippen LogP contribution < -0.4 is 10.1 Å². The highest BCUT2D eigenvalue weighted by Crippen LogP contribution is 2.14. The fourth-order valence-corrected chi connectivity index (χ4v) is 2.99. The molecule has 1 amide bonds. The van der Waals surface area contributed by atoms with Crippen molar-refractivity contribution in [3.8, 4) is 5.75 Å². The Morgan fingerprint density at radius 2 is 1.62 bits per heavy atom. The van der Waals surface area contributed by atoms with Crippen LogP contribution in [0, 0.1) is 0 Å². The molecule has 0 radical (unpaired) electrons. The number of ether oxygens (including phenoxy) is 1. The minimum atomic E-state index is -0.0706. The molecule has 0 aliphatic carbocycles. The Balaban J connectivity index is 1.50. The Hall–Kier alpha value is -2.33. The molecule has 1 heterocycles. The van der Waals surface area contributed by atoms with Gasteiger partial charge < -0.3 is 10.1 Å². The van der Waals surface area contributed by atoms with Crippen molar-refractivity contribution in [2.45, 2.75) is 25.9 Å². The smallest absolute Gasteiger partial charge is 0.251 e. The number of nitrogens with zero attached hydrogens (tertiary/aromatic N) is 1. The molecule has 0 atom stereocenters. The number of carbonyl (C=O) groups excluding carboxylic acids is 1. The van der Waals surface area contributed by atoms with E-state index >= 15 is 0 Å². The van der Waals surface area contributed by atoms with Gasteiger partial charge in [-0.05, 0) is 61.3 Å². The van der Waals surface area contributed by atoms with Crippen LogP contribution in [0.25, 0.3) is 0 Å². The second-order valence-corrected chi connectivity index (χ2v) is 6.21. The van der Waals surface area contributed by atoms with E-state index in [0.29, 0.717) is 12.1 Å². The van der Waals surface area contributed by atoms with Crippen LogP contribution in [0.1, 0.15) is 34.3 Å². The summed E-state index contributed by atoms with van der Waals surface area (Å²) in [4.78, 5) is 14.6. The van der Waals surface area contributed by atoms with Crippen molar-refractivity contribution < 1.29 is 9.53 Å². The van der Waals surface area contributed by atoms with Gasteiger partial charge in [0.25, 0.3) is 5.91 Å². The maximum Gasteiger partial charge on any atom is 0.251 e. The van der Waals surface area contributed by atoms with Gasteiger partial charge in [-0.1, -0.05) is 24.3 Å². The Bertz CT molecular complexity index is 659. The molecule has 4 nitrogen and oxygen atoms in total. The number of methoxy groups -OCH3 is 1. The molecule has 1 aliphatic heterocycles. The van der Waals surface area contributed by atoms with Crippen molar-refractivity contribution in [1.29, 1.82) is 0 Å². The van der Waals surface area contributed by atoms with Crippen LogP contribution in [-0.2, 0) is 13.1 Å². The van der Waals surface area contributed by atoms with E-state index in [1.54, 1.807) is 31.4 Å². The minimum Gasteiger partial charge on any atom is -0.497 e. The molecule has 0 bridgehead atoms. The molecule has 0 unspecified atom stereocenters. The van der Waals surface area contributed by atoms with Crippen molar-refractivity contribution >= 4 is 5.91 Å². The van der Waals surface area contributed by atoms with E-state index in [-0.39, 0.29) is 5.91 Å². The highest BCUT2D eigenvalue weighted by atomic mass is 16.5. The lowest BCUT2D eigenvalue weighted by Gasteiger charge is -2.14. The summed E-state index contributed by atoms with van der Waals surface area (Å²) in [6, 6.07) is 15.6. The summed E-state index contributed by atoms with van der Waals surface area (Å²) in [7, 11) is 1.61. The molecule has 4 heteroatoms. The van der Waals surface area contributed by atoms with Gasteiger partial charge in [-0.3, -0.25) is 9.69 Å². The Kier molecular flexibility index (Phi) is 5.49. The van der Waals surface area contributed by atoms with Gasteiger partial charge in [0.1, 0.15) is 5.75 Å². The summed E-state index contributed by atoms with van der Waals surface area (Å²) >= 11 is 0. The SMILES string of the molecule is COc1ccc(C(=O)NCc2ccc(CN3CCCC3)cc2)cc1. The first-order chi connectivity index (χ1) is 11.7. The van der Waals surface area contributed by atoms with Gasteiger partial charge in [0.15, 0.2) is 0 Å². The largest absolute Gasteiger partial charge is 0.497 e. The van der Waals surface area contributed by atoms with Crippen LogP contribution >= 0.6 is 0 Å². The zero-order valence-corrected chi connectivity index (χ0v) is 14.1. The zero-order chi connectivity index (χ0) is 16.8. The van der Waals surface area contributed by atoms with Crippen LogP contribution in [0.2, 0.25) is 0 Å². The first-order valence-electron chi connectivity index (χ1n) is 8.47. The number of hydrogen-bond donors (Lipinski definition) is 1. The van der Waals surface area contributed by atoms with Gasteiger partial charge in [0.05, 0.1) is 7.11 Å². The predicted molar refractivity (Wildman–Crippen MR) is 95.1 cm³/mol. The summed E-state index contributed by atoms with van der Waals surface area (Å²) in [6.07, 6.45) is 2.63. The number of amides is 1. The fraction of sp³-hybridized carbons (Fsp3) is 0.350. The first-order valence-corrected chi connectivity index (χ1v) is 8.47. The molecule has 2 aromatic carbocycles. The van der Waals surface area contributed by atoms with Gasteiger partial charge in [0.2, 0.25) is 0 Å². The van der Waals surface area contributed by atoms with Gasteiger partial charge in [-0.15, -0.1) is 0 Å². The van der Waals surface area contributed by atoms with Gasteiger partial charge >= 0.3 is 0 Å². The molecular formula is C20H24N2O2. The van der Waals surface area contributed by atoms with E-state index in [1.807, 2.05) is 0 Å². The topological polar surface area (TPSA) is 41.6 Å². The van der Waals surface area contributed by atoms with Crippen molar-refractivity contribution in [1.82, 2.24) is 10.2 Å². The molecule has 126 valence electrons. The molecule has 1 aliphatic rings. The number of hydrogen-bond acceptors (Lipinski definition) is 3. The average molecular weight is 324 g/mol. The van der Waals surface area contributed by atoms with Crippen LogP contribution in [0.3, 0.4) is 0 Å². The lowest BCUT2D eigenvalue weighted by Crippen LogP contribution is -2.22. The minimum absolute atomic E-state index is 0.0706. The molecular weight excluding hydrogens is 300 g/mol. The second kappa shape index (κ2) is 7.97. The normalized spacial score (nSPS) is 14.5. The Labute approximate surface area is 143 Å². The van der Waals surface area contributed by atoms with E-state index in [9.17, 15) is 4.79 Å². The molecule has 0 aromatic heterocycles. The summed E-state index contributed by atoms with van der Waals surface area (Å²) in [5.41, 5.74) is 3.09. The second-order valence-electron chi connectivity index (χ2n) is 6.21. The number of likely N-dealkylation sites (tertiary alicyclic amines) is 1. The molecule has 3 rings (SSSR count). The number of rotatable bonds is 6. The lowest BCUT2D eigenvalue weighted by molar-refractivity contribution is 0.0951. The summed E-state index contributed by atoms with van der Waals surface area (Å²) in [5, 5.41) is 2.96. The average Bonchev–Trinajstić information content (AvgIpc) is 3.14. The van der Waals surface area contributed by atoms with Crippen molar-refractivity contribution in [2.75, 3.05) is 20.2 Å². The summed E-state index contributed by atoms with van der Waals surface area (Å²) in [5.74, 6) is 0.680. The molecule has 0 saturated carbocycles. The number of carbonyl (C=O) groups is 1. The van der Waals surface area contributed by atoms with Gasteiger partial charge in [-0.25, -0.2) is 0 Å². The molecule has 1 fully saturated rings. The molecule has 1 N–H and O–H groups in total. The quantitative estimate of drug-likeness (QED) is 0.887. The van der Waals surface area contributed by atoms with Gasteiger partial charge in [0, 0.05) is 18.7 Å². The van der Waals surface area contributed by atoms with Crippen molar-refractivity contribution in [2.24, 2.45) is 0 Å². The number of nitrogens with one attached hydrogen (secondary N) is 1. The standard InChI is InChI=1S/C20H24N2O2/c1-24-19-10-8-18(9-11-19)20(23)21-14-16-4-6-17(7-5-16)15-22-12-2-3-13-22/h4-11H,2-3,12-15H2,1H3,(H,21,23). The maximum atomic E-state index is 12.2. The van der Waals surface area contributed by atoms with Crippen molar-refractivity contribution in [3.63, 3.8) is 0 Å². The Morgan fingerprint density at radius 3 is 2.25 bits per heavy atom. The van der Waals surface area contributed by atoms with Crippen LogP contribution in [0.5, 0.6) is 5.75 Å². The third-order valence-corrected chi connectivity index (χ3v) is 4.43. The lowest BCUT2D eigenvalue weighted by atomic mass is 10.1. The number of benzene rings is 2. The van der Waals surface area contributed by atoms with Gasteiger partial charge in [-0.2, -0.15) is 0 Å². The predicted octanol–water partition coefficient (Wildman–Crippen LogP) is 3.22. The van der Waals surface area contributed by atoms with Crippen LogP contribution in [0.15, 0.2) is 48.5 Å². The van der Waals surface area contributed by atoms with Crippen LogP contribution in [-0.4, -0.2) is 31.0 Å². The summed E-state index contributed by atoms with van der Waals surface area (Å²) in [6.45, 7) is 3.98. The third kappa shape index (κ3) is 4.36. The monoisotopic (exact) mass is 324 g/mol. The molecule has 2 aromatic rings. The maximum absolute atomic E-state index is 12.2. The van der Waals surface area contributed by atoms with E-state index in [0.717, 1.165) is 17.9 Å².